The minimum Gasteiger partial charge on any atom is -0.266 e. The van der Waals surface area contributed by atoms with E-state index in [1.54, 1.807) is 0 Å². The summed E-state index contributed by atoms with van der Waals surface area (Å²) in [6.07, 6.45) is 2.87. The second kappa shape index (κ2) is 5.57. The zero-order chi connectivity index (χ0) is 16.7. The standard InChI is InChI=1S/C18H19N3O2/c1-10(2)12-6-5-7-13(11(3)4)16(12)21-17(22)14-15(18(21)23)20-9-8-19-14/h5-11H,1-4H3. The molecule has 118 valence electrons. The minimum atomic E-state index is -0.395. The second-order valence-corrected chi connectivity index (χ2v) is 6.29. The molecule has 1 aliphatic heterocycles. The third kappa shape index (κ3) is 2.32. The third-order valence-corrected chi connectivity index (χ3v) is 4.08. The highest BCUT2D eigenvalue weighted by Gasteiger charge is 2.41. The van der Waals surface area contributed by atoms with E-state index in [1.165, 1.54) is 17.3 Å². The molecule has 1 aromatic heterocycles. The van der Waals surface area contributed by atoms with Crippen LogP contribution in [0.15, 0.2) is 30.6 Å². The van der Waals surface area contributed by atoms with Gasteiger partial charge in [-0.25, -0.2) is 14.9 Å². The van der Waals surface area contributed by atoms with E-state index in [2.05, 4.69) is 37.7 Å². The normalized spacial score (nSPS) is 14.1. The first-order valence-corrected chi connectivity index (χ1v) is 7.76. The Morgan fingerprint density at radius 2 is 1.26 bits per heavy atom. The number of para-hydroxylation sites is 1. The Morgan fingerprint density at radius 1 is 0.826 bits per heavy atom. The molecular formula is C18H19N3O2. The van der Waals surface area contributed by atoms with Gasteiger partial charge in [-0.15, -0.1) is 0 Å². The van der Waals surface area contributed by atoms with Crippen molar-refractivity contribution in [3.05, 3.63) is 53.1 Å². The topological polar surface area (TPSA) is 63.2 Å². The Morgan fingerprint density at radius 3 is 1.65 bits per heavy atom. The van der Waals surface area contributed by atoms with Crippen molar-refractivity contribution in [3.8, 4) is 0 Å². The monoisotopic (exact) mass is 309 g/mol. The van der Waals surface area contributed by atoms with E-state index < -0.39 is 11.8 Å². The van der Waals surface area contributed by atoms with Gasteiger partial charge in [0.15, 0.2) is 11.4 Å². The highest BCUT2D eigenvalue weighted by molar-refractivity contribution is 6.33. The van der Waals surface area contributed by atoms with Gasteiger partial charge in [-0.1, -0.05) is 45.9 Å². The van der Waals surface area contributed by atoms with Crippen molar-refractivity contribution in [3.63, 3.8) is 0 Å². The molecule has 0 atom stereocenters. The fraction of sp³-hybridized carbons (Fsp3) is 0.333. The Kier molecular flexibility index (Phi) is 3.72. The van der Waals surface area contributed by atoms with Gasteiger partial charge in [-0.3, -0.25) is 9.59 Å². The summed E-state index contributed by atoms with van der Waals surface area (Å²) in [5, 5.41) is 0. The van der Waals surface area contributed by atoms with Gasteiger partial charge < -0.3 is 0 Å². The maximum atomic E-state index is 12.8. The second-order valence-electron chi connectivity index (χ2n) is 6.29. The number of nitrogens with zero attached hydrogens (tertiary/aromatic N) is 3. The molecule has 0 spiro atoms. The van der Waals surface area contributed by atoms with Gasteiger partial charge in [-0.05, 0) is 23.0 Å². The average Bonchev–Trinajstić information content (AvgIpc) is 2.78. The average molecular weight is 309 g/mol. The number of aromatic nitrogens is 2. The van der Waals surface area contributed by atoms with Crippen LogP contribution >= 0.6 is 0 Å². The van der Waals surface area contributed by atoms with Gasteiger partial charge in [0, 0.05) is 12.4 Å². The smallest absolute Gasteiger partial charge is 0.266 e. The number of benzene rings is 1. The van der Waals surface area contributed by atoms with Crippen LogP contribution in [0.5, 0.6) is 0 Å². The summed E-state index contributed by atoms with van der Waals surface area (Å²) in [5.41, 5.74) is 2.90. The number of anilines is 1. The van der Waals surface area contributed by atoms with Crippen molar-refractivity contribution < 1.29 is 9.59 Å². The molecule has 0 saturated carbocycles. The molecule has 2 aromatic rings. The van der Waals surface area contributed by atoms with E-state index in [-0.39, 0.29) is 23.2 Å². The van der Waals surface area contributed by atoms with Crippen molar-refractivity contribution >= 4 is 17.5 Å². The molecule has 23 heavy (non-hydrogen) atoms. The fourth-order valence-electron chi connectivity index (χ4n) is 2.93. The number of hydrogen-bond acceptors (Lipinski definition) is 4. The summed E-state index contributed by atoms with van der Waals surface area (Å²) in [5.74, 6) is -0.413. The Bertz CT molecular complexity index is 735. The van der Waals surface area contributed by atoms with Crippen LogP contribution in [-0.2, 0) is 0 Å². The maximum Gasteiger partial charge on any atom is 0.286 e. The van der Waals surface area contributed by atoms with E-state index in [4.69, 9.17) is 0 Å². The highest BCUT2D eigenvalue weighted by atomic mass is 16.2. The summed E-state index contributed by atoms with van der Waals surface area (Å²) in [4.78, 5) is 34.8. The quantitative estimate of drug-likeness (QED) is 0.814. The van der Waals surface area contributed by atoms with Gasteiger partial charge in [-0.2, -0.15) is 0 Å². The van der Waals surface area contributed by atoms with Crippen LogP contribution in [0.3, 0.4) is 0 Å². The zero-order valence-electron chi connectivity index (χ0n) is 13.7. The molecule has 0 fully saturated rings. The van der Waals surface area contributed by atoms with Crippen LogP contribution in [0.1, 0.15) is 71.6 Å². The lowest BCUT2D eigenvalue weighted by Crippen LogP contribution is -2.32. The molecule has 2 heterocycles. The first kappa shape index (κ1) is 15.3. The molecule has 0 unspecified atom stereocenters. The zero-order valence-corrected chi connectivity index (χ0v) is 13.7. The molecule has 5 heteroatoms. The van der Waals surface area contributed by atoms with Crippen molar-refractivity contribution in [2.24, 2.45) is 0 Å². The highest BCUT2D eigenvalue weighted by Crippen LogP contribution is 2.38. The van der Waals surface area contributed by atoms with Crippen LogP contribution in [0, 0.1) is 0 Å². The molecule has 0 N–H and O–H groups in total. The number of fused-ring (bicyclic) bond motifs is 1. The summed E-state index contributed by atoms with van der Waals surface area (Å²) in [7, 11) is 0. The number of amides is 2. The maximum absolute atomic E-state index is 12.8. The number of hydrogen-bond donors (Lipinski definition) is 0. The predicted molar refractivity (Wildman–Crippen MR) is 87.8 cm³/mol. The molecule has 3 rings (SSSR count). The SMILES string of the molecule is CC(C)c1cccc(C(C)C)c1N1C(=O)c2nccnc2C1=O. The number of rotatable bonds is 3. The largest absolute Gasteiger partial charge is 0.286 e. The van der Waals surface area contributed by atoms with Gasteiger partial charge in [0.05, 0.1) is 5.69 Å². The third-order valence-electron chi connectivity index (χ3n) is 4.08. The molecule has 0 bridgehead atoms. The Labute approximate surface area is 135 Å². The van der Waals surface area contributed by atoms with E-state index in [9.17, 15) is 9.59 Å². The van der Waals surface area contributed by atoms with Crippen LogP contribution < -0.4 is 4.90 Å². The van der Waals surface area contributed by atoms with E-state index in [0.717, 1.165) is 11.1 Å². The summed E-state index contributed by atoms with van der Waals surface area (Å²) in [6, 6.07) is 5.91. The van der Waals surface area contributed by atoms with E-state index in [1.807, 2.05) is 18.2 Å². The number of carbonyl (C=O) groups is 2. The van der Waals surface area contributed by atoms with Crippen molar-refractivity contribution in [2.75, 3.05) is 4.90 Å². The molecule has 1 aromatic carbocycles. The minimum absolute atomic E-state index is 0.130. The predicted octanol–water partition coefficient (Wildman–Crippen LogP) is 3.52. The number of carbonyl (C=O) groups excluding carboxylic acids is 2. The molecule has 5 nitrogen and oxygen atoms in total. The lowest BCUT2D eigenvalue weighted by Gasteiger charge is -2.25. The first-order chi connectivity index (χ1) is 10.9. The summed E-state index contributed by atoms with van der Waals surface area (Å²) >= 11 is 0. The van der Waals surface area contributed by atoms with E-state index >= 15 is 0 Å². The van der Waals surface area contributed by atoms with Crippen LogP contribution in [-0.4, -0.2) is 21.8 Å². The van der Waals surface area contributed by atoms with Gasteiger partial charge in [0.1, 0.15) is 0 Å². The molecule has 0 radical (unpaired) electrons. The van der Waals surface area contributed by atoms with Crippen molar-refractivity contribution in [1.82, 2.24) is 9.97 Å². The molecule has 0 saturated heterocycles. The summed E-state index contributed by atoms with van der Waals surface area (Å²) in [6.45, 7) is 8.21. The van der Waals surface area contributed by atoms with Crippen LogP contribution in [0.4, 0.5) is 5.69 Å². The van der Waals surface area contributed by atoms with Crippen molar-refractivity contribution in [2.45, 2.75) is 39.5 Å². The molecule has 2 amide bonds. The van der Waals surface area contributed by atoms with Crippen molar-refractivity contribution in [1.29, 1.82) is 0 Å². The molecular weight excluding hydrogens is 290 g/mol. The fourth-order valence-corrected chi connectivity index (χ4v) is 2.93. The van der Waals surface area contributed by atoms with Gasteiger partial charge in [0.25, 0.3) is 11.8 Å². The Hall–Kier alpha value is -2.56. The van der Waals surface area contributed by atoms with Crippen LogP contribution in [0.25, 0.3) is 0 Å². The van der Waals surface area contributed by atoms with Crippen LogP contribution in [0.2, 0.25) is 0 Å². The molecule has 0 aliphatic carbocycles. The Balaban J connectivity index is 2.24. The number of imide groups is 1. The first-order valence-electron chi connectivity index (χ1n) is 7.76. The van der Waals surface area contributed by atoms with Gasteiger partial charge in [0.2, 0.25) is 0 Å². The summed E-state index contributed by atoms with van der Waals surface area (Å²) < 4.78 is 0. The van der Waals surface area contributed by atoms with Gasteiger partial charge >= 0.3 is 0 Å². The van der Waals surface area contributed by atoms with E-state index in [0.29, 0.717) is 5.69 Å². The lowest BCUT2D eigenvalue weighted by molar-refractivity contribution is 0.0922. The lowest BCUT2D eigenvalue weighted by atomic mass is 9.92. The molecule has 1 aliphatic rings.